The van der Waals surface area contributed by atoms with Crippen molar-refractivity contribution in [2.24, 2.45) is 17.3 Å². The minimum Gasteiger partial charge on any atom is -0.460 e. The van der Waals surface area contributed by atoms with Crippen molar-refractivity contribution in [1.29, 1.82) is 0 Å². The van der Waals surface area contributed by atoms with Crippen LogP contribution >= 0.6 is 0 Å². The number of esters is 1. The van der Waals surface area contributed by atoms with Crippen LogP contribution in [0, 0.1) is 17.3 Å². The fourth-order valence-electron chi connectivity index (χ4n) is 7.25. The van der Waals surface area contributed by atoms with Crippen molar-refractivity contribution in [2.75, 3.05) is 26.2 Å². The number of aliphatic hydroxyl groups is 1. The van der Waals surface area contributed by atoms with Crippen LogP contribution in [-0.4, -0.2) is 94.2 Å². The zero-order valence-electron chi connectivity index (χ0n) is 25.6. The van der Waals surface area contributed by atoms with E-state index in [0.717, 1.165) is 0 Å². The highest BCUT2D eigenvalue weighted by atomic mass is 16.6. The number of aliphatic hydroxyl groups excluding tert-OH is 1. The lowest BCUT2D eigenvalue weighted by Gasteiger charge is -2.45. The molecule has 3 amide bonds. The number of nitrogens with zero attached hydrogens (tertiary/aromatic N) is 2. The average Bonchev–Trinajstić information content (AvgIpc) is 3.50. The van der Waals surface area contributed by atoms with Gasteiger partial charge in [-0.1, -0.05) is 32.9 Å². The Morgan fingerprint density at radius 1 is 1.24 bits per heavy atom. The van der Waals surface area contributed by atoms with Gasteiger partial charge in [0.2, 0.25) is 17.7 Å². The molecule has 3 heterocycles. The largest absolute Gasteiger partial charge is 0.460 e. The quantitative estimate of drug-likeness (QED) is 0.241. The van der Waals surface area contributed by atoms with E-state index in [1.807, 2.05) is 13.8 Å². The Balaban J connectivity index is 1.87. The molecule has 3 fully saturated rings. The Morgan fingerprint density at radius 3 is 2.51 bits per heavy atom. The van der Waals surface area contributed by atoms with Gasteiger partial charge >= 0.3 is 5.97 Å². The second kappa shape index (κ2) is 12.7. The first-order valence-electron chi connectivity index (χ1n) is 14.7. The summed E-state index contributed by atoms with van der Waals surface area (Å²) in [6, 6.07) is -0.976. The predicted octanol–water partition coefficient (Wildman–Crippen LogP) is 2.60. The lowest BCUT2D eigenvalue weighted by molar-refractivity contribution is -0.159. The first kappa shape index (κ1) is 32.8. The zero-order chi connectivity index (χ0) is 30.8. The molecule has 2 N–H and O–H groups in total. The van der Waals surface area contributed by atoms with E-state index in [1.54, 1.807) is 24.0 Å². The van der Waals surface area contributed by atoms with Gasteiger partial charge in [-0.15, -0.1) is 13.2 Å². The van der Waals surface area contributed by atoms with E-state index < -0.39 is 47.2 Å². The van der Waals surface area contributed by atoms with E-state index in [0.29, 0.717) is 32.1 Å². The third-order valence-electron chi connectivity index (χ3n) is 8.40. The molecule has 0 aromatic heterocycles. The Kier molecular flexibility index (Phi) is 10.1. The summed E-state index contributed by atoms with van der Waals surface area (Å²) < 4.78 is 12.2. The van der Waals surface area contributed by atoms with Gasteiger partial charge in [0.1, 0.15) is 17.7 Å². The van der Waals surface area contributed by atoms with Crippen LogP contribution in [0.15, 0.2) is 25.3 Å². The summed E-state index contributed by atoms with van der Waals surface area (Å²) in [6.45, 7) is 19.6. The molecule has 0 aliphatic carbocycles. The van der Waals surface area contributed by atoms with Crippen molar-refractivity contribution in [1.82, 2.24) is 15.1 Å². The van der Waals surface area contributed by atoms with Gasteiger partial charge in [-0.2, -0.15) is 0 Å². The molecule has 230 valence electrons. The molecule has 41 heavy (non-hydrogen) atoms. The molecule has 0 saturated carbocycles. The molecule has 0 aromatic carbocycles. The average molecular weight is 576 g/mol. The molecule has 1 spiro atoms. The number of likely N-dealkylation sites (tertiary alicyclic amines) is 1. The van der Waals surface area contributed by atoms with Crippen molar-refractivity contribution in [3.63, 3.8) is 0 Å². The Hall–Kier alpha value is -2.72. The molecule has 3 rings (SSSR count). The number of carbonyl (C=O) groups excluding carboxylic acids is 4. The number of allylic oxidation sites excluding steroid dienone is 1. The van der Waals surface area contributed by atoms with E-state index in [2.05, 4.69) is 39.2 Å². The maximum Gasteiger partial charge on any atom is 0.312 e. The van der Waals surface area contributed by atoms with Crippen LogP contribution in [0.25, 0.3) is 0 Å². The van der Waals surface area contributed by atoms with E-state index >= 15 is 0 Å². The standard InChI is InChI=1S/C31H49N3O7/c1-9-11-12-22(36)32-18-20(3)40-28(39)23-21-13-14-31(41-21)24(23)26(37)33(16-17-35)25(31)27(38)34(15-10-2)30(7,8)19-29(4,5)6/h9-10,20-21,23-25,35H,1-2,11-19H2,3-8H3,(H,32,36)/t20-,21-,23+,24+,25-,31+/m1/s1. The van der Waals surface area contributed by atoms with Crippen molar-refractivity contribution in [2.45, 2.75) is 103 Å². The molecular weight excluding hydrogens is 526 g/mol. The van der Waals surface area contributed by atoms with Gasteiger partial charge in [-0.3, -0.25) is 19.2 Å². The monoisotopic (exact) mass is 575 g/mol. The molecule has 3 aliphatic rings. The topological polar surface area (TPSA) is 125 Å². The molecule has 2 bridgehead atoms. The summed E-state index contributed by atoms with van der Waals surface area (Å²) in [5.74, 6) is -3.14. The molecule has 0 aromatic rings. The van der Waals surface area contributed by atoms with Crippen LogP contribution in [0.5, 0.6) is 0 Å². The molecule has 6 atom stereocenters. The van der Waals surface area contributed by atoms with Crippen LogP contribution in [0.1, 0.15) is 73.6 Å². The lowest BCUT2D eigenvalue weighted by atomic mass is 9.70. The van der Waals surface area contributed by atoms with Crippen LogP contribution in [-0.2, 0) is 28.7 Å². The first-order chi connectivity index (χ1) is 19.1. The minimum atomic E-state index is -1.18. The number of fused-ring (bicyclic) bond motifs is 1. The van der Waals surface area contributed by atoms with Gasteiger partial charge in [0.15, 0.2) is 0 Å². The first-order valence-corrected chi connectivity index (χ1v) is 14.7. The number of rotatable bonds is 14. The Morgan fingerprint density at radius 2 is 1.93 bits per heavy atom. The molecule has 3 saturated heterocycles. The maximum absolute atomic E-state index is 14.5. The fraction of sp³-hybridized carbons (Fsp3) is 0.742. The van der Waals surface area contributed by atoms with Gasteiger partial charge in [0.25, 0.3) is 0 Å². The summed E-state index contributed by atoms with van der Waals surface area (Å²) in [5.41, 5.74) is -1.82. The van der Waals surface area contributed by atoms with Crippen molar-refractivity contribution >= 4 is 23.7 Å². The van der Waals surface area contributed by atoms with Crippen molar-refractivity contribution in [3.8, 4) is 0 Å². The maximum atomic E-state index is 14.5. The smallest absolute Gasteiger partial charge is 0.312 e. The summed E-state index contributed by atoms with van der Waals surface area (Å²) in [7, 11) is 0. The number of hydrogen-bond acceptors (Lipinski definition) is 7. The summed E-state index contributed by atoms with van der Waals surface area (Å²) >= 11 is 0. The third-order valence-corrected chi connectivity index (χ3v) is 8.40. The van der Waals surface area contributed by atoms with E-state index in [9.17, 15) is 24.3 Å². The lowest BCUT2D eigenvalue weighted by Crippen LogP contribution is -2.61. The fourth-order valence-corrected chi connectivity index (χ4v) is 7.25. The molecule has 10 heteroatoms. The minimum absolute atomic E-state index is 0.0436. The summed E-state index contributed by atoms with van der Waals surface area (Å²) in [6.07, 6.45) is 4.69. The van der Waals surface area contributed by atoms with Crippen LogP contribution in [0.4, 0.5) is 0 Å². The van der Waals surface area contributed by atoms with Crippen LogP contribution in [0.2, 0.25) is 0 Å². The predicted molar refractivity (Wildman–Crippen MR) is 154 cm³/mol. The van der Waals surface area contributed by atoms with Crippen LogP contribution in [0.3, 0.4) is 0 Å². The number of amides is 3. The Labute approximate surface area is 244 Å². The number of nitrogens with one attached hydrogen (secondary N) is 1. The molecule has 3 aliphatic heterocycles. The highest BCUT2D eigenvalue weighted by molar-refractivity contribution is 5.98. The molecular formula is C31H49N3O7. The van der Waals surface area contributed by atoms with E-state index in [1.165, 1.54) is 4.90 Å². The van der Waals surface area contributed by atoms with Crippen LogP contribution < -0.4 is 5.32 Å². The second-order valence-corrected chi connectivity index (χ2v) is 13.5. The van der Waals surface area contributed by atoms with Gasteiger partial charge < -0.3 is 29.7 Å². The normalized spacial score (nSPS) is 27.8. The third kappa shape index (κ3) is 6.69. The van der Waals surface area contributed by atoms with E-state index in [4.69, 9.17) is 9.47 Å². The summed E-state index contributed by atoms with van der Waals surface area (Å²) in [5, 5.41) is 12.6. The Bertz CT molecular complexity index is 1040. The van der Waals surface area contributed by atoms with Gasteiger partial charge in [-0.25, -0.2) is 0 Å². The number of carbonyl (C=O) groups is 4. The number of β-amino-alcohol motifs (C(OH)–C–C–N with tert-alkyl or cyclic N) is 1. The van der Waals surface area contributed by atoms with Gasteiger partial charge in [-0.05, 0) is 51.9 Å². The number of hydrogen-bond donors (Lipinski definition) is 2. The highest BCUT2D eigenvalue weighted by Gasteiger charge is 2.75. The second-order valence-electron chi connectivity index (χ2n) is 13.5. The van der Waals surface area contributed by atoms with Gasteiger partial charge in [0, 0.05) is 25.0 Å². The van der Waals surface area contributed by atoms with Gasteiger partial charge in [0.05, 0.1) is 31.1 Å². The molecule has 10 nitrogen and oxygen atoms in total. The van der Waals surface area contributed by atoms with Crippen molar-refractivity contribution < 1.29 is 33.8 Å². The highest BCUT2D eigenvalue weighted by Crippen LogP contribution is 2.59. The SMILES string of the molecule is C=CCCC(=O)NC[C@@H](C)OC(=O)[C@@H]1[C@H]2C(=O)N(CCO)[C@H](C(=O)N(CC=C)C(C)(C)CC(C)(C)C)[C@]23CC[C@H]1O3. The zero-order valence-corrected chi connectivity index (χ0v) is 25.6. The van der Waals surface area contributed by atoms with Crippen molar-refractivity contribution in [3.05, 3.63) is 25.3 Å². The number of ether oxygens (including phenoxy) is 2. The molecule has 0 radical (unpaired) electrons. The molecule has 0 unspecified atom stereocenters. The van der Waals surface area contributed by atoms with E-state index in [-0.39, 0.29) is 49.4 Å². The summed E-state index contributed by atoms with van der Waals surface area (Å²) in [4.78, 5) is 57.0.